The summed E-state index contributed by atoms with van der Waals surface area (Å²) < 4.78 is 4.92. The highest BCUT2D eigenvalue weighted by Crippen LogP contribution is 2.35. The number of nitrogens with zero attached hydrogens (tertiary/aromatic N) is 2. The van der Waals surface area contributed by atoms with Crippen molar-refractivity contribution in [1.82, 2.24) is 10.2 Å². The molecule has 1 saturated heterocycles. The summed E-state index contributed by atoms with van der Waals surface area (Å²) in [7, 11) is 0. The summed E-state index contributed by atoms with van der Waals surface area (Å²) in [6, 6.07) is 9.29. The summed E-state index contributed by atoms with van der Waals surface area (Å²) >= 11 is 0. The van der Waals surface area contributed by atoms with Crippen LogP contribution in [0.5, 0.6) is 0 Å². The van der Waals surface area contributed by atoms with Crippen molar-refractivity contribution in [2.24, 2.45) is 0 Å². The molecule has 0 atom stereocenters. The molecule has 2 aromatic rings. The van der Waals surface area contributed by atoms with Crippen LogP contribution in [0.1, 0.15) is 36.4 Å². The molecule has 0 unspecified atom stereocenters. The SMILES string of the molecule is O=C(Cc1ccc(N2CCOC2=O)cc1)Nc1cc(C2CCC2)[nH]n1. The molecular weight excluding hydrogens is 320 g/mol. The molecule has 1 aromatic carbocycles. The average molecular weight is 340 g/mol. The number of ether oxygens (including phenoxy) is 1. The van der Waals surface area contributed by atoms with Crippen molar-refractivity contribution in [3.63, 3.8) is 0 Å². The Hall–Kier alpha value is -2.83. The summed E-state index contributed by atoms with van der Waals surface area (Å²) in [5.41, 5.74) is 2.76. The minimum atomic E-state index is -0.328. The van der Waals surface area contributed by atoms with Gasteiger partial charge < -0.3 is 10.1 Å². The number of cyclic esters (lactones) is 1. The zero-order chi connectivity index (χ0) is 17.2. The van der Waals surface area contributed by atoms with Crippen LogP contribution in [0.15, 0.2) is 30.3 Å². The average Bonchev–Trinajstić information content (AvgIpc) is 3.16. The molecule has 2 amide bonds. The molecule has 1 aliphatic carbocycles. The van der Waals surface area contributed by atoms with Crippen molar-refractivity contribution >= 4 is 23.5 Å². The van der Waals surface area contributed by atoms with Gasteiger partial charge >= 0.3 is 6.09 Å². The molecule has 0 bridgehead atoms. The maximum atomic E-state index is 12.2. The highest BCUT2D eigenvalue weighted by Gasteiger charge is 2.23. The zero-order valence-corrected chi connectivity index (χ0v) is 13.8. The Morgan fingerprint density at radius 3 is 2.76 bits per heavy atom. The first-order valence-electron chi connectivity index (χ1n) is 8.57. The summed E-state index contributed by atoms with van der Waals surface area (Å²) in [4.78, 5) is 25.3. The van der Waals surface area contributed by atoms with Crippen molar-refractivity contribution in [2.45, 2.75) is 31.6 Å². The standard InChI is InChI=1S/C18H20N4O3/c23-17(19-16-11-15(20-21-16)13-2-1-3-13)10-12-4-6-14(7-5-12)22-8-9-25-18(22)24/h4-7,11,13H,1-3,8-10H2,(H2,19,20,21,23). The van der Waals surface area contributed by atoms with E-state index in [1.807, 2.05) is 30.3 Å². The van der Waals surface area contributed by atoms with Gasteiger partial charge in [0.1, 0.15) is 6.61 Å². The largest absolute Gasteiger partial charge is 0.447 e. The molecule has 2 aliphatic rings. The number of benzene rings is 1. The second-order valence-corrected chi connectivity index (χ2v) is 6.49. The van der Waals surface area contributed by atoms with Gasteiger partial charge in [0, 0.05) is 23.4 Å². The number of carbonyl (C=O) groups is 2. The minimum absolute atomic E-state index is 0.111. The van der Waals surface area contributed by atoms with Gasteiger partial charge in [-0.3, -0.25) is 14.8 Å². The number of hydrogen-bond acceptors (Lipinski definition) is 4. The Labute approximate surface area is 145 Å². The van der Waals surface area contributed by atoms with Gasteiger partial charge in [0.25, 0.3) is 0 Å². The number of nitrogens with one attached hydrogen (secondary N) is 2. The fraction of sp³-hybridized carbons (Fsp3) is 0.389. The summed E-state index contributed by atoms with van der Waals surface area (Å²) in [5, 5.41) is 9.99. The molecule has 2 heterocycles. The van der Waals surface area contributed by atoms with E-state index in [0.29, 0.717) is 24.9 Å². The van der Waals surface area contributed by atoms with Crippen LogP contribution < -0.4 is 10.2 Å². The number of hydrogen-bond donors (Lipinski definition) is 2. The Morgan fingerprint density at radius 1 is 1.32 bits per heavy atom. The van der Waals surface area contributed by atoms with Gasteiger partial charge in [0.15, 0.2) is 5.82 Å². The number of H-pyrrole nitrogens is 1. The van der Waals surface area contributed by atoms with Crippen molar-refractivity contribution in [3.8, 4) is 0 Å². The molecule has 1 aliphatic heterocycles. The lowest BCUT2D eigenvalue weighted by atomic mass is 9.83. The van der Waals surface area contributed by atoms with Gasteiger partial charge in [0.05, 0.1) is 13.0 Å². The van der Waals surface area contributed by atoms with Crippen LogP contribution in [0, 0.1) is 0 Å². The summed E-state index contributed by atoms with van der Waals surface area (Å²) in [6.45, 7) is 0.969. The molecule has 7 heteroatoms. The molecular formula is C18H20N4O3. The van der Waals surface area contributed by atoms with Gasteiger partial charge in [-0.15, -0.1) is 0 Å². The first-order valence-corrected chi connectivity index (χ1v) is 8.57. The number of aromatic amines is 1. The second-order valence-electron chi connectivity index (χ2n) is 6.49. The Kier molecular flexibility index (Phi) is 4.13. The van der Waals surface area contributed by atoms with Crippen LogP contribution in [0.25, 0.3) is 0 Å². The van der Waals surface area contributed by atoms with Gasteiger partial charge in [-0.25, -0.2) is 4.79 Å². The van der Waals surface area contributed by atoms with Crippen LogP contribution in [-0.2, 0) is 16.0 Å². The number of carbonyl (C=O) groups excluding carboxylic acids is 2. The Bertz CT molecular complexity index is 780. The Morgan fingerprint density at radius 2 is 2.12 bits per heavy atom. The van der Waals surface area contributed by atoms with Gasteiger partial charge in [-0.2, -0.15) is 5.10 Å². The van der Waals surface area contributed by atoms with E-state index in [-0.39, 0.29) is 18.4 Å². The Balaban J connectivity index is 1.34. The van der Waals surface area contributed by atoms with E-state index in [9.17, 15) is 9.59 Å². The lowest BCUT2D eigenvalue weighted by Gasteiger charge is -2.23. The predicted octanol–water partition coefficient (Wildman–Crippen LogP) is 2.82. The van der Waals surface area contributed by atoms with Crippen molar-refractivity contribution in [1.29, 1.82) is 0 Å². The third-order valence-electron chi connectivity index (χ3n) is 4.78. The fourth-order valence-electron chi connectivity index (χ4n) is 3.12. The van der Waals surface area contributed by atoms with Crippen molar-refractivity contribution in [2.75, 3.05) is 23.4 Å². The highest BCUT2D eigenvalue weighted by molar-refractivity contribution is 5.92. The van der Waals surface area contributed by atoms with Gasteiger partial charge in [-0.1, -0.05) is 18.6 Å². The third-order valence-corrected chi connectivity index (χ3v) is 4.78. The van der Waals surface area contributed by atoms with Crippen molar-refractivity contribution in [3.05, 3.63) is 41.6 Å². The fourth-order valence-corrected chi connectivity index (χ4v) is 3.12. The van der Waals surface area contributed by atoms with E-state index in [2.05, 4.69) is 15.5 Å². The molecule has 1 aromatic heterocycles. The smallest absolute Gasteiger partial charge is 0.414 e. The number of anilines is 2. The third kappa shape index (κ3) is 3.35. The molecule has 0 radical (unpaired) electrons. The minimum Gasteiger partial charge on any atom is -0.447 e. The number of amides is 2. The monoisotopic (exact) mass is 340 g/mol. The molecule has 2 fully saturated rings. The van der Waals surface area contributed by atoms with E-state index in [1.165, 1.54) is 19.3 Å². The second kappa shape index (κ2) is 6.58. The number of aromatic nitrogens is 2. The van der Waals surface area contributed by atoms with E-state index in [1.54, 1.807) is 4.90 Å². The van der Waals surface area contributed by atoms with Crippen molar-refractivity contribution < 1.29 is 14.3 Å². The summed E-state index contributed by atoms with van der Waals surface area (Å²) in [5.74, 6) is 1.02. The van der Waals surface area contributed by atoms with E-state index >= 15 is 0 Å². The molecule has 7 nitrogen and oxygen atoms in total. The zero-order valence-electron chi connectivity index (χ0n) is 13.8. The quantitative estimate of drug-likeness (QED) is 0.876. The topological polar surface area (TPSA) is 87.3 Å². The van der Waals surface area contributed by atoms with Gasteiger partial charge in [0.2, 0.25) is 5.91 Å². The lowest BCUT2D eigenvalue weighted by Crippen LogP contribution is -2.23. The van der Waals surface area contributed by atoms with E-state index < -0.39 is 0 Å². The normalized spacial score (nSPS) is 17.3. The molecule has 25 heavy (non-hydrogen) atoms. The van der Waals surface area contributed by atoms with E-state index in [0.717, 1.165) is 16.9 Å². The van der Waals surface area contributed by atoms with E-state index in [4.69, 9.17) is 4.74 Å². The molecule has 4 rings (SSSR count). The summed E-state index contributed by atoms with van der Waals surface area (Å²) in [6.07, 6.45) is 3.57. The van der Waals surface area contributed by atoms with Crippen LogP contribution in [-0.4, -0.2) is 35.3 Å². The lowest BCUT2D eigenvalue weighted by molar-refractivity contribution is -0.115. The highest BCUT2D eigenvalue weighted by atomic mass is 16.6. The van der Waals surface area contributed by atoms with Crippen LogP contribution in [0.4, 0.5) is 16.3 Å². The predicted molar refractivity (Wildman–Crippen MR) is 92.6 cm³/mol. The first-order chi connectivity index (χ1) is 12.2. The van der Waals surface area contributed by atoms with Crippen LogP contribution >= 0.6 is 0 Å². The maximum absolute atomic E-state index is 12.2. The van der Waals surface area contributed by atoms with Crippen LogP contribution in [0.2, 0.25) is 0 Å². The molecule has 1 saturated carbocycles. The molecule has 2 N–H and O–H groups in total. The van der Waals surface area contributed by atoms with Gasteiger partial charge in [-0.05, 0) is 30.5 Å². The maximum Gasteiger partial charge on any atom is 0.414 e. The van der Waals surface area contributed by atoms with Crippen LogP contribution in [0.3, 0.4) is 0 Å². The first kappa shape index (κ1) is 15.7. The number of rotatable bonds is 5. The molecule has 0 spiro atoms. The molecule has 130 valence electrons.